The van der Waals surface area contributed by atoms with Crippen LogP contribution in [0.15, 0.2) is 36.7 Å². The van der Waals surface area contributed by atoms with Gasteiger partial charge in [0.15, 0.2) is 0 Å². The molecule has 5 heteroatoms. The number of anilines is 1. The first-order valence-corrected chi connectivity index (χ1v) is 5.05. The molecule has 1 aromatic carbocycles. The number of rotatable bonds is 2. The molecule has 5 nitrogen and oxygen atoms in total. The molecule has 86 valence electrons. The minimum absolute atomic E-state index is 0.152. The number of pyridine rings is 1. The smallest absolute Gasteiger partial charge is 0.310 e. The van der Waals surface area contributed by atoms with Crippen molar-refractivity contribution in [3.8, 4) is 11.1 Å². The van der Waals surface area contributed by atoms with Crippen LogP contribution in [0.25, 0.3) is 11.1 Å². The fraction of sp³-hybridized carbons (Fsp3) is 0.0833. The molecule has 0 unspecified atom stereocenters. The highest BCUT2D eigenvalue weighted by molar-refractivity contribution is 5.82. The van der Waals surface area contributed by atoms with Gasteiger partial charge in [-0.25, -0.2) is 0 Å². The lowest BCUT2D eigenvalue weighted by atomic mass is 10.0. The Morgan fingerprint density at radius 2 is 1.94 bits per heavy atom. The summed E-state index contributed by atoms with van der Waals surface area (Å²) in [6.07, 6.45) is 2.71. The quantitative estimate of drug-likeness (QED) is 0.633. The molecular weight excluding hydrogens is 218 g/mol. The molecule has 0 radical (unpaired) electrons. The van der Waals surface area contributed by atoms with Crippen molar-refractivity contribution in [2.45, 2.75) is 6.92 Å². The lowest BCUT2D eigenvalue weighted by molar-refractivity contribution is -0.384. The molecule has 0 bridgehead atoms. The second-order valence-electron chi connectivity index (χ2n) is 3.69. The summed E-state index contributed by atoms with van der Waals surface area (Å²) in [5.74, 6) is 0. The average molecular weight is 229 g/mol. The van der Waals surface area contributed by atoms with Gasteiger partial charge >= 0.3 is 5.69 Å². The summed E-state index contributed by atoms with van der Waals surface area (Å²) in [5, 5.41) is 10.8. The monoisotopic (exact) mass is 229 g/mol. The summed E-state index contributed by atoms with van der Waals surface area (Å²) in [7, 11) is 0. The fourth-order valence-electron chi connectivity index (χ4n) is 1.69. The van der Waals surface area contributed by atoms with Crippen LogP contribution in [0.3, 0.4) is 0 Å². The number of hydrogen-bond donors (Lipinski definition) is 1. The van der Waals surface area contributed by atoms with Crippen molar-refractivity contribution >= 4 is 11.4 Å². The second kappa shape index (κ2) is 4.21. The van der Waals surface area contributed by atoms with Gasteiger partial charge in [0.1, 0.15) is 11.9 Å². The van der Waals surface area contributed by atoms with Crippen LogP contribution in [0, 0.1) is 17.0 Å². The molecule has 0 atom stereocenters. The standard InChI is InChI=1S/C12H11N3O2/c1-8-4-2-3-5-9(8)10-6-14-7-11(12(10)13)15(16)17/h2-7H,1H3,(H2,13,14). The van der Waals surface area contributed by atoms with E-state index >= 15 is 0 Å². The van der Waals surface area contributed by atoms with Crippen molar-refractivity contribution in [3.05, 3.63) is 52.3 Å². The summed E-state index contributed by atoms with van der Waals surface area (Å²) in [4.78, 5) is 14.1. The molecule has 0 aliphatic heterocycles. The Labute approximate surface area is 98.1 Å². The van der Waals surface area contributed by atoms with Crippen molar-refractivity contribution in [1.82, 2.24) is 4.98 Å². The van der Waals surface area contributed by atoms with Crippen LogP contribution in [0.1, 0.15) is 5.56 Å². The SMILES string of the molecule is Cc1ccccc1-c1cncc([N+](=O)[O-])c1N. The summed E-state index contributed by atoms with van der Waals surface area (Å²) in [6.45, 7) is 1.92. The molecule has 2 rings (SSSR count). The van der Waals surface area contributed by atoms with Gasteiger partial charge in [-0.3, -0.25) is 15.1 Å². The lowest BCUT2D eigenvalue weighted by Gasteiger charge is -2.08. The van der Waals surface area contributed by atoms with Gasteiger partial charge < -0.3 is 5.73 Å². The number of benzene rings is 1. The Bertz CT molecular complexity index is 582. The normalized spacial score (nSPS) is 10.2. The zero-order valence-corrected chi connectivity index (χ0v) is 9.25. The van der Waals surface area contributed by atoms with Gasteiger partial charge in [0.05, 0.1) is 4.92 Å². The van der Waals surface area contributed by atoms with Crippen LogP contribution in [-0.2, 0) is 0 Å². The molecule has 0 spiro atoms. The second-order valence-corrected chi connectivity index (χ2v) is 3.69. The summed E-state index contributed by atoms with van der Waals surface area (Å²) < 4.78 is 0. The lowest BCUT2D eigenvalue weighted by Crippen LogP contribution is -1.99. The number of nitrogens with two attached hydrogens (primary N) is 1. The summed E-state index contributed by atoms with van der Waals surface area (Å²) >= 11 is 0. The van der Waals surface area contributed by atoms with E-state index in [1.807, 2.05) is 31.2 Å². The third-order valence-corrected chi connectivity index (χ3v) is 2.60. The first kappa shape index (κ1) is 11.1. The van der Waals surface area contributed by atoms with Crippen LogP contribution in [0.4, 0.5) is 11.4 Å². The van der Waals surface area contributed by atoms with Gasteiger partial charge in [-0.15, -0.1) is 0 Å². The van der Waals surface area contributed by atoms with Crippen molar-refractivity contribution in [2.75, 3.05) is 5.73 Å². The molecule has 0 saturated carbocycles. The third-order valence-electron chi connectivity index (χ3n) is 2.60. The van der Waals surface area contributed by atoms with E-state index in [-0.39, 0.29) is 11.4 Å². The zero-order chi connectivity index (χ0) is 12.4. The Morgan fingerprint density at radius 3 is 2.59 bits per heavy atom. The maximum absolute atomic E-state index is 10.8. The number of hydrogen-bond acceptors (Lipinski definition) is 4. The van der Waals surface area contributed by atoms with Crippen molar-refractivity contribution in [1.29, 1.82) is 0 Å². The molecule has 1 heterocycles. The van der Waals surface area contributed by atoms with E-state index in [0.717, 1.165) is 17.3 Å². The minimum Gasteiger partial charge on any atom is -0.393 e. The topological polar surface area (TPSA) is 82.0 Å². The van der Waals surface area contributed by atoms with E-state index < -0.39 is 4.92 Å². The highest BCUT2D eigenvalue weighted by Crippen LogP contribution is 2.33. The van der Waals surface area contributed by atoms with Crippen LogP contribution in [-0.4, -0.2) is 9.91 Å². The maximum Gasteiger partial charge on any atom is 0.310 e. The van der Waals surface area contributed by atoms with Crippen molar-refractivity contribution in [2.24, 2.45) is 0 Å². The Morgan fingerprint density at radius 1 is 1.24 bits per heavy atom. The van der Waals surface area contributed by atoms with Gasteiger partial charge in [-0.2, -0.15) is 0 Å². The first-order valence-electron chi connectivity index (χ1n) is 5.05. The average Bonchev–Trinajstić information content (AvgIpc) is 2.30. The highest BCUT2D eigenvalue weighted by Gasteiger charge is 2.16. The Kier molecular flexibility index (Phi) is 2.74. The van der Waals surface area contributed by atoms with Crippen LogP contribution >= 0.6 is 0 Å². The Balaban J connectivity index is 2.65. The van der Waals surface area contributed by atoms with Gasteiger partial charge in [0.25, 0.3) is 0 Å². The number of aryl methyl sites for hydroxylation is 1. The minimum atomic E-state index is -0.524. The maximum atomic E-state index is 10.8. The van der Waals surface area contributed by atoms with Crippen LogP contribution in [0.5, 0.6) is 0 Å². The number of nitrogen functional groups attached to an aromatic ring is 1. The van der Waals surface area contributed by atoms with E-state index in [9.17, 15) is 10.1 Å². The molecular formula is C12H11N3O2. The molecule has 0 aliphatic carbocycles. The van der Waals surface area contributed by atoms with E-state index in [4.69, 9.17) is 5.73 Å². The van der Waals surface area contributed by atoms with E-state index in [1.165, 1.54) is 0 Å². The molecule has 0 saturated heterocycles. The number of nitrogens with zero attached hydrogens (tertiary/aromatic N) is 2. The predicted molar refractivity (Wildman–Crippen MR) is 65.5 cm³/mol. The first-order chi connectivity index (χ1) is 8.11. The molecule has 0 fully saturated rings. The van der Waals surface area contributed by atoms with Crippen molar-refractivity contribution in [3.63, 3.8) is 0 Å². The largest absolute Gasteiger partial charge is 0.393 e. The van der Waals surface area contributed by atoms with Gasteiger partial charge in [0, 0.05) is 11.8 Å². The Hall–Kier alpha value is -2.43. The van der Waals surface area contributed by atoms with Gasteiger partial charge in [0.2, 0.25) is 0 Å². The van der Waals surface area contributed by atoms with E-state index in [2.05, 4.69) is 4.98 Å². The molecule has 1 aromatic heterocycles. The fourth-order valence-corrected chi connectivity index (χ4v) is 1.69. The van der Waals surface area contributed by atoms with Gasteiger partial charge in [-0.05, 0) is 18.1 Å². The van der Waals surface area contributed by atoms with Crippen LogP contribution in [0.2, 0.25) is 0 Å². The third kappa shape index (κ3) is 1.94. The highest BCUT2D eigenvalue weighted by atomic mass is 16.6. The summed E-state index contributed by atoms with van der Waals surface area (Å²) in [5.41, 5.74) is 8.25. The molecule has 17 heavy (non-hydrogen) atoms. The van der Waals surface area contributed by atoms with Gasteiger partial charge in [-0.1, -0.05) is 24.3 Å². The number of nitro groups is 1. The van der Waals surface area contributed by atoms with Crippen LogP contribution < -0.4 is 5.73 Å². The van der Waals surface area contributed by atoms with Crippen molar-refractivity contribution < 1.29 is 4.92 Å². The summed E-state index contributed by atoms with van der Waals surface area (Å²) in [6, 6.07) is 7.56. The molecule has 0 amide bonds. The van der Waals surface area contributed by atoms with E-state index in [0.29, 0.717) is 5.56 Å². The zero-order valence-electron chi connectivity index (χ0n) is 9.25. The molecule has 2 N–H and O–H groups in total. The van der Waals surface area contributed by atoms with E-state index in [1.54, 1.807) is 6.20 Å². The predicted octanol–water partition coefficient (Wildman–Crippen LogP) is 2.55. The molecule has 0 aliphatic rings. The number of aromatic nitrogens is 1. The molecule has 2 aromatic rings.